The fourth-order valence-electron chi connectivity index (χ4n) is 3.96. The highest BCUT2D eigenvalue weighted by atomic mass is 35.5. The summed E-state index contributed by atoms with van der Waals surface area (Å²) in [7, 11) is 0. The van der Waals surface area contributed by atoms with E-state index >= 15 is 0 Å². The number of carbonyl (C=O) groups is 2. The van der Waals surface area contributed by atoms with E-state index in [9.17, 15) is 9.59 Å². The summed E-state index contributed by atoms with van der Waals surface area (Å²) in [6.07, 6.45) is 5.16. The minimum atomic E-state index is -0.551. The van der Waals surface area contributed by atoms with Crippen LogP contribution in [0.3, 0.4) is 0 Å². The molecule has 0 heterocycles. The second kappa shape index (κ2) is 10.4. The van der Waals surface area contributed by atoms with Gasteiger partial charge in [-0.1, -0.05) is 73.8 Å². The molecule has 0 saturated heterocycles. The minimum absolute atomic E-state index is 0.0347. The maximum atomic E-state index is 13.3. The van der Waals surface area contributed by atoms with Crippen LogP contribution in [-0.2, 0) is 22.6 Å². The number of hydrogen-bond donors (Lipinski definition) is 1. The molecule has 1 N–H and O–H groups in total. The third kappa shape index (κ3) is 6.07. The zero-order chi connectivity index (χ0) is 20.6. The number of benzene rings is 2. The quantitative estimate of drug-likeness (QED) is 0.680. The van der Waals surface area contributed by atoms with Gasteiger partial charge in [0.1, 0.15) is 6.04 Å². The van der Waals surface area contributed by atoms with E-state index in [1.807, 2.05) is 61.5 Å². The van der Waals surface area contributed by atoms with E-state index < -0.39 is 6.04 Å². The predicted molar refractivity (Wildman–Crippen MR) is 117 cm³/mol. The molecule has 2 amide bonds. The topological polar surface area (TPSA) is 49.4 Å². The van der Waals surface area contributed by atoms with Gasteiger partial charge in [0.15, 0.2) is 0 Å². The molecule has 3 rings (SSSR count). The summed E-state index contributed by atoms with van der Waals surface area (Å²) >= 11 is 6.14. The Hall–Kier alpha value is -2.33. The molecule has 2 aromatic carbocycles. The molecular weight excluding hydrogens is 384 g/mol. The Morgan fingerprint density at radius 1 is 1.07 bits per heavy atom. The van der Waals surface area contributed by atoms with Gasteiger partial charge in [0.2, 0.25) is 11.8 Å². The van der Waals surface area contributed by atoms with Crippen LogP contribution in [-0.4, -0.2) is 28.8 Å². The van der Waals surface area contributed by atoms with E-state index in [4.69, 9.17) is 11.6 Å². The van der Waals surface area contributed by atoms with Crippen LogP contribution in [0.5, 0.6) is 0 Å². The minimum Gasteiger partial charge on any atom is -0.352 e. The Morgan fingerprint density at radius 3 is 2.41 bits per heavy atom. The Bertz CT molecular complexity index is 819. The summed E-state index contributed by atoms with van der Waals surface area (Å²) in [6, 6.07) is 17.0. The zero-order valence-electron chi connectivity index (χ0n) is 16.9. The lowest BCUT2D eigenvalue weighted by Gasteiger charge is -2.32. The van der Waals surface area contributed by atoms with E-state index in [0.29, 0.717) is 24.4 Å². The van der Waals surface area contributed by atoms with Crippen molar-refractivity contribution in [1.82, 2.24) is 10.2 Å². The third-order valence-corrected chi connectivity index (χ3v) is 5.75. The van der Waals surface area contributed by atoms with Crippen molar-refractivity contribution in [2.45, 2.75) is 64.1 Å². The van der Waals surface area contributed by atoms with Gasteiger partial charge >= 0.3 is 0 Å². The highest BCUT2D eigenvalue weighted by Crippen LogP contribution is 2.21. The number of hydrogen-bond acceptors (Lipinski definition) is 2. The number of rotatable bonds is 8. The lowest BCUT2D eigenvalue weighted by Crippen LogP contribution is -2.52. The average Bonchev–Trinajstić information content (AvgIpc) is 3.24. The lowest BCUT2D eigenvalue weighted by atomic mass is 10.0. The van der Waals surface area contributed by atoms with Gasteiger partial charge in [0, 0.05) is 30.5 Å². The summed E-state index contributed by atoms with van der Waals surface area (Å²) < 4.78 is 0. The predicted octanol–water partition coefficient (Wildman–Crippen LogP) is 4.75. The van der Waals surface area contributed by atoms with Gasteiger partial charge < -0.3 is 10.2 Å². The maximum Gasteiger partial charge on any atom is 0.243 e. The maximum absolute atomic E-state index is 13.3. The van der Waals surface area contributed by atoms with Gasteiger partial charge in [-0.05, 0) is 36.1 Å². The molecule has 0 radical (unpaired) electrons. The van der Waals surface area contributed by atoms with Crippen LogP contribution in [0.15, 0.2) is 54.6 Å². The van der Waals surface area contributed by atoms with Gasteiger partial charge in [-0.15, -0.1) is 0 Å². The molecule has 29 heavy (non-hydrogen) atoms. The molecule has 154 valence electrons. The van der Waals surface area contributed by atoms with Crippen molar-refractivity contribution in [3.05, 3.63) is 70.7 Å². The number of nitrogens with zero attached hydrogens (tertiary/aromatic N) is 1. The van der Waals surface area contributed by atoms with E-state index in [2.05, 4.69) is 5.32 Å². The van der Waals surface area contributed by atoms with Gasteiger partial charge in [-0.2, -0.15) is 0 Å². The Kier molecular flexibility index (Phi) is 7.70. The monoisotopic (exact) mass is 412 g/mol. The normalized spacial score (nSPS) is 15.1. The third-order valence-electron chi connectivity index (χ3n) is 5.52. The van der Waals surface area contributed by atoms with Crippen LogP contribution in [0.2, 0.25) is 5.02 Å². The number of carbonyl (C=O) groups excluding carboxylic acids is 2. The Balaban J connectivity index is 1.87. The van der Waals surface area contributed by atoms with Crippen molar-refractivity contribution >= 4 is 23.4 Å². The molecule has 0 aliphatic heterocycles. The Labute approximate surface area is 178 Å². The van der Waals surface area contributed by atoms with Crippen LogP contribution < -0.4 is 5.32 Å². The van der Waals surface area contributed by atoms with Crippen molar-refractivity contribution in [3.63, 3.8) is 0 Å². The molecule has 1 aliphatic carbocycles. The molecule has 1 saturated carbocycles. The van der Waals surface area contributed by atoms with Crippen molar-refractivity contribution in [2.75, 3.05) is 0 Å². The van der Waals surface area contributed by atoms with Crippen LogP contribution in [0.1, 0.15) is 50.2 Å². The number of amides is 2. The van der Waals surface area contributed by atoms with Gasteiger partial charge in [-0.3, -0.25) is 9.59 Å². The summed E-state index contributed by atoms with van der Waals surface area (Å²) in [6.45, 7) is 2.20. The number of halogens is 1. The average molecular weight is 413 g/mol. The molecule has 4 nitrogen and oxygen atoms in total. The molecular formula is C24H29ClN2O2. The zero-order valence-corrected chi connectivity index (χ0v) is 17.7. The number of nitrogens with one attached hydrogen (secondary N) is 1. The highest BCUT2D eigenvalue weighted by Gasteiger charge is 2.31. The first-order valence-electron chi connectivity index (χ1n) is 10.4. The molecule has 0 spiro atoms. The van der Waals surface area contributed by atoms with Crippen molar-refractivity contribution < 1.29 is 9.59 Å². The van der Waals surface area contributed by atoms with Crippen LogP contribution in [0, 0.1) is 0 Å². The molecule has 1 atom stereocenters. The van der Waals surface area contributed by atoms with Gasteiger partial charge in [-0.25, -0.2) is 0 Å². The summed E-state index contributed by atoms with van der Waals surface area (Å²) in [5.74, 6) is -0.0999. The molecule has 1 aliphatic rings. The van der Waals surface area contributed by atoms with E-state index in [1.165, 1.54) is 0 Å². The molecule has 5 heteroatoms. The SMILES string of the molecule is CCC(=O)N(Cc1cccc(Cl)c1)[C@@H](Cc1ccccc1)C(=O)NC1CCCC1. The lowest BCUT2D eigenvalue weighted by molar-refractivity contribution is -0.141. The first-order chi connectivity index (χ1) is 14.1. The highest BCUT2D eigenvalue weighted by molar-refractivity contribution is 6.30. The summed E-state index contributed by atoms with van der Waals surface area (Å²) in [5.41, 5.74) is 1.96. The fraction of sp³-hybridized carbons (Fsp3) is 0.417. The van der Waals surface area contributed by atoms with E-state index in [0.717, 1.165) is 36.8 Å². The van der Waals surface area contributed by atoms with Crippen LogP contribution in [0.25, 0.3) is 0 Å². The first-order valence-corrected chi connectivity index (χ1v) is 10.8. The van der Waals surface area contributed by atoms with E-state index in [-0.39, 0.29) is 17.9 Å². The molecule has 0 bridgehead atoms. The standard InChI is InChI=1S/C24H29ClN2O2/c1-2-23(28)27(17-19-11-8-12-20(25)15-19)22(16-18-9-4-3-5-10-18)24(29)26-21-13-6-7-14-21/h3-5,8-12,15,21-22H,2,6-7,13-14,16-17H2,1H3,(H,26,29)/t22-/m0/s1. The second-order valence-electron chi connectivity index (χ2n) is 7.70. The van der Waals surface area contributed by atoms with Crippen molar-refractivity contribution in [1.29, 1.82) is 0 Å². The molecule has 0 unspecified atom stereocenters. The smallest absolute Gasteiger partial charge is 0.243 e. The summed E-state index contributed by atoms with van der Waals surface area (Å²) in [4.78, 5) is 27.9. The van der Waals surface area contributed by atoms with Crippen LogP contribution in [0.4, 0.5) is 0 Å². The fourth-order valence-corrected chi connectivity index (χ4v) is 4.17. The van der Waals surface area contributed by atoms with Crippen LogP contribution >= 0.6 is 11.6 Å². The molecule has 1 fully saturated rings. The molecule has 2 aromatic rings. The Morgan fingerprint density at radius 2 is 1.76 bits per heavy atom. The van der Waals surface area contributed by atoms with Crippen molar-refractivity contribution in [3.8, 4) is 0 Å². The summed E-state index contributed by atoms with van der Waals surface area (Å²) in [5, 5.41) is 3.82. The molecule has 0 aromatic heterocycles. The van der Waals surface area contributed by atoms with Crippen molar-refractivity contribution in [2.24, 2.45) is 0 Å². The van der Waals surface area contributed by atoms with Gasteiger partial charge in [0.05, 0.1) is 0 Å². The first kappa shape index (κ1) is 21.4. The van der Waals surface area contributed by atoms with E-state index in [1.54, 1.807) is 4.90 Å². The second-order valence-corrected chi connectivity index (χ2v) is 8.14. The largest absolute Gasteiger partial charge is 0.352 e. The van der Waals surface area contributed by atoms with Gasteiger partial charge in [0.25, 0.3) is 0 Å².